The van der Waals surface area contributed by atoms with E-state index < -0.39 is 30.3 Å². The van der Waals surface area contributed by atoms with Crippen LogP contribution in [0.4, 0.5) is 4.79 Å². The third-order valence-electron chi connectivity index (χ3n) is 4.01. The van der Waals surface area contributed by atoms with Gasteiger partial charge in [-0.3, -0.25) is 14.9 Å². The van der Waals surface area contributed by atoms with Gasteiger partial charge in [0.25, 0.3) is 5.91 Å². The first kappa shape index (κ1) is 23.4. The van der Waals surface area contributed by atoms with Crippen molar-refractivity contribution in [3.63, 3.8) is 0 Å². The number of amides is 3. The van der Waals surface area contributed by atoms with Gasteiger partial charge in [0, 0.05) is 18.2 Å². The first-order valence-electron chi connectivity index (χ1n) is 9.63. The number of nitrogens with one attached hydrogen (secondary N) is 2. The van der Waals surface area contributed by atoms with Crippen LogP contribution in [0.5, 0.6) is 11.5 Å². The maximum Gasteiger partial charge on any atom is 0.339 e. The van der Waals surface area contributed by atoms with Crippen LogP contribution in [0.25, 0.3) is 0 Å². The molecule has 0 aromatic heterocycles. The Morgan fingerprint density at radius 1 is 0.871 bits per heavy atom. The highest BCUT2D eigenvalue weighted by molar-refractivity contribution is 6.14. The number of imide groups is 1. The molecule has 0 saturated heterocycles. The summed E-state index contributed by atoms with van der Waals surface area (Å²) in [5.74, 6) is -1.17. The zero-order valence-corrected chi connectivity index (χ0v) is 17.5. The van der Waals surface area contributed by atoms with Crippen molar-refractivity contribution >= 4 is 23.7 Å². The van der Waals surface area contributed by atoms with Gasteiger partial charge in [-0.2, -0.15) is 0 Å². The Kier molecular flexibility index (Phi) is 8.56. The third-order valence-corrected chi connectivity index (χ3v) is 4.01. The lowest BCUT2D eigenvalue weighted by molar-refractivity contribution is -0.123. The van der Waals surface area contributed by atoms with E-state index in [1.165, 1.54) is 19.2 Å². The molecule has 0 atom stereocenters. The van der Waals surface area contributed by atoms with Crippen LogP contribution in [0, 0.1) is 0 Å². The molecule has 0 heterocycles. The van der Waals surface area contributed by atoms with Crippen LogP contribution in [0.15, 0.2) is 42.5 Å². The minimum Gasteiger partial charge on any atom is -0.490 e. The van der Waals surface area contributed by atoms with Crippen LogP contribution in [-0.2, 0) is 9.53 Å². The summed E-state index contributed by atoms with van der Waals surface area (Å²) < 4.78 is 16.0. The number of ether oxygens (including phenoxy) is 3. The molecule has 0 fully saturated rings. The van der Waals surface area contributed by atoms with Crippen molar-refractivity contribution in [1.82, 2.24) is 10.6 Å². The lowest BCUT2D eigenvalue weighted by atomic mass is 9.98. The van der Waals surface area contributed by atoms with Crippen LogP contribution in [0.3, 0.4) is 0 Å². The molecule has 9 heteroatoms. The van der Waals surface area contributed by atoms with Gasteiger partial charge in [0.15, 0.2) is 23.9 Å². The molecule has 0 bridgehead atoms. The van der Waals surface area contributed by atoms with Gasteiger partial charge in [-0.25, -0.2) is 9.59 Å². The highest BCUT2D eigenvalue weighted by Crippen LogP contribution is 2.30. The molecular weight excluding hydrogens is 404 g/mol. The van der Waals surface area contributed by atoms with E-state index in [0.29, 0.717) is 30.3 Å². The number of urea groups is 1. The number of hydrogen-bond donors (Lipinski definition) is 2. The fourth-order valence-corrected chi connectivity index (χ4v) is 2.64. The highest BCUT2D eigenvalue weighted by atomic mass is 16.5. The lowest BCUT2D eigenvalue weighted by Crippen LogP contribution is -2.39. The zero-order valence-electron chi connectivity index (χ0n) is 17.5. The van der Waals surface area contributed by atoms with Crippen LogP contribution in [0.1, 0.15) is 40.1 Å². The third kappa shape index (κ3) is 6.30. The van der Waals surface area contributed by atoms with Crippen LogP contribution in [-0.4, -0.2) is 50.6 Å². The quantitative estimate of drug-likeness (QED) is 0.465. The number of carbonyl (C=O) groups excluding carboxylic acids is 4. The SMILES string of the molecule is CCOc1ccc(C(=O)c2ccccc2C(=O)OCC(=O)NC(=O)NC)cc1OCC. The molecule has 2 N–H and O–H groups in total. The fraction of sp³-hybridized carbons (Fsp3) is 0.273. The van der Waals surface area contributed by atoms with Gasteiger partial charge in [-0.05, 0) is 38.1 Å². The van der Waals surface area contributed by atoms with Gasteiger partial charge in [0.1, 0.15) is 0 Å². The molecule has 3 amide bonds. The number of benzene rings is 2. The Morgan fingerprint density at radius 3 is 2.16 bits per heavy atom. The summed E-state index contributed by atoms with van der Waals surface area (Å²) in [5.41, 5.74) is 0.391. The van der Waals surface area contributed by atoms with Crippen molar-refractivity contribution in [1.29, 1.82) is 0 Å². The van der Waals surface area contributed by atoms with E-state index in [2.05, 4.69) is 5.32 Å². The molecule has 2 rings (SSSR count). The van der Waals surface area contributed by atoms with Gasteiger partial charge in [-0.15, -0.1) is 0 Å². The van der Waals surface area contributed by atoms with Crippen molar-refractivity contribution in [2.24, 2.45) is 0 Å². The number of ketones is 1. The van der Waals surface area contributed by atoms with Gasteiger partial charge >= 0.3 is 12.0 Å². The standard InChI is InChI=1S/C22H24N2O7/c1-4-29-17-11-10-14(12-18(17)30-5-2)20(26)15-8-6-7-9-16(15)21(27)31-13-19(25)24-22(28)23-3/h6-12H,4-5,13H2,1-3H3,(H2,23,24,25,28). The molecule has 0 aliphatic carbocycles. The Balaban J connectivity index is 2.23. The number of esters is 1. The van der Waals surface area contributed by atoms with Crippen molar-refractivity contribution in [2.45, 2.75) is 13.8 Å². The number of rotatable bonds is 9. The number of carbonyl (C=O) groups is 4. The molecule has 2 aromatic carbocycles. The fourth-order valence-electron chi connectivity index (χ4n) is 2.64. The second-order valence-corrected chi connectivity index (χ2v) is 6.11. The molecule has 0 aliphatic heterocycles. The maximum atomic E-state index is 13.1. The normalized spacial score (nSPS) is 10.0. The lowest BCUT2D eigenvalue weighted by Gasteiger charge is -2.13. The molecule has 0 unspecified atom stereocenters. The van der Waals surface area contributed by atoms with Crippen LogP contribution >= 0.6 is 0 Å². The summed E-state index contributed by atoms with van der Waals surface area (Å²) in [7, 11) is 1.34. The Hall–Kier alpha value is -3.88. The van der Waals surface area contributed by atoms with E-state index in [0.717, 1.165) is 0 Å². The molecule has 164 valence electrons. The van der Waals surface area contributed by atoms with Crippen molar-refractivity contribution in [2.75, 3.05) is 26.9 Å². The topological polar surface area (TPSA) is 120 Å². The summed E-state index contributed by atoms with van der Waals surface area (Å²) >= 11 is 0. The van der Waals surface area contributed by atoms with Gasteiger partial charge in [0.2, 0.25) is 0 Å². The molecule has 0 spiro atoms. The summed E-state index contributed by atoms with van der Waals surface area (Å²) in [6.45, 7) is 3.81. The minimum atomic E-state index is -0.869. The molecular formula is C22H24N2O7. The van der Waals surface area contributed by atoms with E-state index >= 15 is 0 Å². The minimum absolute atomic E-state index is 0.00733. The molecule has 0 aliphatic rings. The van der Waals surface area contributed by atoms with E-state index in [4.69, 9.17) is 14.2 Å². The number of hydrogen-bond acceptors (Lipinski definition) is 7. The molecule has 0 saturated carbocycles. The van der Waals surface area contributed by atoms with E-state index in [1.54, 1.807) is 30.3 Å². The van der Waals surface area contributed by atoms with Crippen LogP contribution < -0.4 is 20.1 Å². The van der Waals surface area contributed by atoms with Gasteiger partial charge in [0.05, 0.1) is 18.8 Å². The summed E-state index contributed by atoms with van der Waals surface area (Å²) in [6.07, 6.45) is 0. The molecule has 9 nitrogen and oxygen atoms in total. The van der Waals surface area contributed by atoms with Crippen molar-refractivity contribution < 1.29 is 33.4 Å². The average molecular weight is 428 g/mol. The second-order valence-electron chi connectivity index (χ2n) is 6.11. The predicted octanol–water partition coefficient (Wildman–Crippen LogP) is 2.33. The second kappa shape index (κ2) is 11.3. The van der Waals surface area contributed by atoms with E-state index in [-0.39, 0.29) is 11.1 Å². The summed E-state index contributed by atoms with van der Waals surface area (Å²) in [4.78, 5) is 48.3. The molecule has 2 aromatic rings. The maximum absolute atomic E-state index is 13.1. The van der Waals surface area contributed by atoms with Gasteiger partial charge < -0.3 is 19.5 Å². The van der Waals surface area contributed by atoms with Crippen molar-refractivity contribution in [3.05, 3.63) is 59.2 Å². The first-order valence-corrected chi connectivity index (χ1v) is 9.63. The average Bonchev–Trinajstić information content (AvgIpc) is 2.78. The van der Waals surface area contributed by atoms with E-state index in [1.807, 2.05) is 19.2 Å². The Morgan fingerprint density at radius 2 is 1.52 bits per heavy atom. The summed E-state index contributed by atoms with van der Waals surface area (Å²) in [6, 6.07) is 10.1. The van der Waals surface area contributed by atoms with Crippen LogP contribution in [0.2, 0.25) is 0 Å². The van der Waals surface area contributed by atoms with E-state index in [9.17, 15) is 19.2 Å². The Bertz CT molecular complexity index is 972. The smallest absolute Gasteiger partial charge is 0.339 e. The Labute approximate surface area is 179 Å². The molecule has 0 radical (unpaired) electrons. The van der Waals surface area contributed by atoms with Gasteiger partial charge in [-0.1, -0.05) is 18.2 Å². The highest BCUT2D eigenvalue weighted by Gasteiger charge is 2.21. The summed E-state index contributed by atoms with van der Waals surface area (Å²) in [5, 5.41) is 4.18. The first-order chi connectivity index (χ1) is 14.9. The van der Waals surface area contributed by atoms with Crippen molar-refractivity contribution in [3.8, 4) is 11.5 Å². The predicted molar refractivity (Wildman–Crippen MR) is 112 cm³/mol. The molecule has 31 heavy (non-hydrogen) atoms. The zero-order chi connectivity index (χ0) is 22.8. The monoisotopic (exact) mass is 428 g/mol. The largest absolute Gasteiger partial charge is 0.490 e.